The van der Waals surface area contributed by atoms with Crippen LogP contribution in [-0.2, 0) is 15.7 Å². The topological polar surface area (TPSA) is 130 Å². The van der Waals surface area contributed by atoms with Gasteiger partial charge in [0.1, 0.15) is 47.3 Å². The van der Waals surface area contributed by atoms with Gasteiger partial charge in [-0.05, 0) is 76.9 Å². The van der Waals surface area contributed by atoms with Gasteiger partial charge < -0.3 is 30.2 Å². The average Bonchev–Trinajstić information content (AvgIpc) is 3.90. The van der Waals surface area contributed by atoms with E-state index in [9.17, 15) is 32.0 Å². The Balaban J connectivity index is 0.000000217. The number of methoxy groups -OCH3 is 1. The molecule has 10 nitrogen and oxygen atoms in total. The fourth-order valence-electron chi connectivity index (χ4n) is 7.06. The first-order valence-electron chi connectivity index (χ1n) is 17.2. The molecule has 0 amide bonds. The van der Waals surface area contributed by atoms with Crippen molar-refractivity contribution in [2.75, 3.05) is 64.6 Å². The van der Waals surface area contributed by atoms with E-state index in [-0.39, 0.29) is 56.6 Å². The molecule has 3 unspecified atom stereocenters. The molecule has 5 heterocycles. The maximum atomic E-state index is 15.9. The molecule has 2 aromatic carbocycles. The summed E-state index contributed by atoms with van der Waals surface area (Å²) in [6, 6.07) is 5.29. The van der Waals surface area contributed by atoms with Gasteiger partial charge in [0.25, 0.3) is 0 Å². The third-order valence-corrected chi connectivity index (χ3v) is 10.6. The van der Waals surface area contributed by atoms with Gasteiger partial charge in [-0.2, -0.15) is 28.4 Å². The Kier molecular flexibility index (Phi) is 13.0. The van der Waals surface area contributed by atoms with Crippen LogP contribution in [0.15, 0.2) is 18.2 Å². The number of hydrogen-bond acceptors (Lipinski definition) is 11. The second-order valence-electron chi connectivity index (χ2n) is 13.0. The lowest BCUT2D eigenvalue weighted by Crippen LogP contribution is -2.29. The van der Waals surface area contributed by atoms with Gasteiger partial charge in [0.15, 0.2) is 5.82 Å². The molecule has 3 fully saturated rings. The monoisotopic (exact) mass is 765 g/mol. The Hall–Kier alpha value is -4.24. The number of carbonyl (C=O) groups excluding carboxylic acids is 1. The number of aromatic nitrogens is 2. The number of aldehydes is 1. The second-order valence-corrected chi connectivity index (χ2v) is 14.0. The number of likely N-dealkylation sites (N-methyl/N-ethyl adjacent to an activating group) is 1. The molecule has 3 atom stereocenters. The van der Waals surface area contributed by atoms with E-state index in [1.54, 1.807) is 13.0 Å². The lowest BCUT2D eigenvalue weighted by Gasteiger charge is -2.18. The number of benzene rings is 2. The largest absolute Gasteiger partial charge is 0.467 e. The first-order chi connectivity index (χ1) is 25.3. The molecule has 0 aliphatic carbocycles. The van der Waals surface area contributed by atoms with Crippen molar-refractivity contribution in [3.8, 4) is 23.2 Å². The number of thiophene rings is 1. The number of carbonyl (C=O) groups is 1. The van der Waals surface area contributed by atoms with E-state index in [0.717, 1.165) is 44.0 Å². The first-order valence-corrected chi connectivity index (χ1v) is 18.0. The number of halogens is 6. The zero-order valence-corrected chi connectivity index (χ0v) is 30.4. The van der Waals surface area contributed by atoms with E-state index in [1.807, 2.05) is 0 Å². The number of hydrogen-bond donors (Lipinski definition) is 2. The van der Waals surface area contributed by atoms with Crippen LogP contribution in [-0.4, -0.2) is 97.9 Å². The molecule has 0 saturated carbocycles. The highest BCUT2D eigenvalue weighted by atomic mass is 32.1. The predicted octanol–water partition coefficient (Wildman–Crippen LogP) is 7.19. The highest BCUT2D eigenvalue weighted by Gasteiger charge is 2.38. The highest BCUT2D eigenvalue weighted by Crippen LogP contribution is 2.47. The quantitative estimate of drug-likeness (QED) is 0.108. The maximum absolute atomic E-state index is 15.9. The SMILES string of the molecule is CCNc1nc(OC)nc2c(F)c(-c3ccc(F)c4sc(N)c(C#N)c34)c(C(F)(F)F)cc12.CN1CCCC1COCC=O.FC1CC2CCCN2C1. The van der Waals surface area contributed by atoms with Crippen LogP contribution < -0.4 is 15.8 Å². The van der Waals surface area contributed by atoms with Gasteiger partial charge in [-0.1, -0.05) is 6.07 Å². The minimum atomic E-state index is -5.00. The molecule has 4 aromatic rings. The van der Waals surface area contributed by atoms with E-state index >= 15 is 4.39 Å². The molecular weight excluding hydrogens is 724 g/mol. The van der Waals surface area contributed by atoms with Gasteiger partial charge in [0, 0.05) is 41.5 Å². The lowest BCUT2D eigenvalue weighted by atomic mass is 9.92. The Morgan fingerprint density at radius 1 is 1.19 bits per heavy atom. The number of nitrogens with one attached hydrogen (secondary N) is 1. The van der Waals surface area contributed by atoms with Gasteiger partial charge in [-0.3, -0.25) is 4.90 Å². The van der Waals surface area contributed by atoms with Crippen LogP contribution in [0, 0.1) is 23.0 Å². The summed E-state index contributed by atoms with van der Waals surface area (Å²) in [4.78, 5) is 22.4. The van der Waals surface area contributed by atoms with Gasteiger partial charge in [0.05, 0.1) is 29.5 Å². The van der Waals surface area contributed by atoms with E-state index in [4.69, 9.17) is 15.2 Å². The number of anilines is 2. The van der Waals surface area contributed by atoms with Crippen LogP contribution in [0.5, 0.6) is 6.01 Å². The normalized spacial score (nSPS) is 20.0. The summed E-state index contributed by atoms with van der Waals surface area (Å²) in [5, 5.41) is 11.8. The number of nitriles is 1. The Labute approximate surface area is 306 Å². The number of nitrogen functional groups attached to an aromatic ring is 1. The van der Waals surface area contributed by atoms with Crippen LogP contribution in [0.2, 0.25) is 0 Å². The third-order valence-electron chi connectivity index (χ3n) is 9.57. The molecule has 17 heteroatoms. The number of fused-ring (bicyclic) bond motifs is 3. The number of alkyl halides is 4. The fourth-order valence-corrected chi connectivity index (χ4v) is 8.01. The molecule has 0 bridgehead atoms. The summed E-state index contributed by atoms with van der Waals surface area (Å²) in [6.45, 7) is 5.94. The summed E-state index contributed by atoms with van der Waals surface area (Å²) < 4.78 is 95.3. The Morgan fingerprint density at radius 2 is 1.94 bits per heavy atom. The minimum Gasteiger partial charge on any atom is -0.467 e. The Bertz CT molecular complexity index is 1960. The molecule has 3 aliphatic heterocycles. The van der Waals surface area contributed by atoms with Crippen LogP contribution >= 0.6 is 11.3 Å². The van der Waals surface area contributed by atoms with Crippen molar-refractivity contribution in [2.45, 2.75) is 63.5 Å². The van der Waals surface area contributed by atoms with Crippen molar-refractivity contribution in [1.82, 2.24) is 19.8 Å². The molecule has 2 aromatic heterocycles. The fraction of sp³-hybridized carbons (Fsp3) is 0.500. The van der Waals surface area contributed by atoms with Gasteiger partial charge >= 0.3 is 12.2 Å². The molecule has 0 radical (unpaired) electrons. The number of likely N-dealkylation sites (tertiary alicyclic amines) is 1. The molecule has 3 aliphatic rings. The molecule has 0 spiro atoms. The molecule has 53 heavy (non-hydrogen) atoms. The van der Waals surface area contributed by atoms with E-state index in [2.05, 4.69) is 32.1 Å². The van der Waals surface area contributed by atoms with Crippen LogP contribution in [0.1, 0.15) is 50.2 Å². The molecule has 286 valence electrons. The van der Waals surface area contributed by atoms with Crippen LogP contribution in [0.4, 0.5) is 37.2 Å². The molecular formula is C36H41F6N7O3S. The number of rotatable bonds is 8. The van der Waals surface area contributed by atoms with Crippen molar-refractivity contribution in [2.24, 2.45) is 0 Å². The minimum absolute atomic E-state index is 0.0444. The predicted molar refractivity (Wildman–Crippen MR) is 192 cm³/mol. The van der Waals surface area contributed by atoms with Crippen molar-refractivity contribution in [3.05, 3.63) is 41.0 Å². The second kappa shape index (κ2) is 17.3. The van der Waals surface area contributed by atoms with Gasteiger partial charge in [0.2, 0.25) is 0 Å². The van der Waals surface area contributed by atoms with E-state index < -0.39 is 40.6 Å². The smallest absolute Gasteiger partial charge is 0.417 e. The summed E-state index contributed by atoms with van der Waals surface area (Å²) in [6.07, 6.45) is 1.08. The summed E-state index contributed by atoms with van der Waals surface area (Å²) >= 11 is 0.698. The third kappa shape index (κ3) is 8.77. The lowest BCUT2D eigenvalue weighted by molar-refractivity contribution is -0.137. The van der Waals surface area contributed by atoms with E-state index in [1.165, 1.54) is 32.8 Å². The number of ether oxygens (including phenoxy) is 2. The van der Waals surface area contributed by atoms with Gasteiger partial charge in [-0.15, -0.1) is 11.3 Å². The Morgan fingerprint density at radius 3 is 2.57 bits per heavy atom. The van der Waals surface area contributed by atoms with Crippen molar-refractivity contribution in [3.63, 3.8) is 0 Å². The summed E-state index contributed by atoms with van der Waals surface area (Å²) in [5.41, 5.74) is 2.59. The van der Waals surface area contributed by atoms with Crippen molar-refractivity contribution < 1.29 is 40.6 Å². The average molecular weight is 766 g/mol. The standard InChI is InChI=1S/C21H14F5N5OS.C8H15NO2.C7H12FN/c1-3-29-19-9-6-11(21(24,25)26)14(15(23)16(9)30-20(31-19)32-2)8-4-5-12(22)17-13(8)10(7-27)18(28)33-17;1-9-4-2-3-8(9)7-11-6-5-10;8-6-4-7-2-1-3-9(7)5-6/h4-6H,3,28H2,1-2H3,(H,29,30,31);5,8H,2-4,6-7H2,1H3;6-7H,1-5H2. The van der Waals surface area contributed by atoms with Crippen LogP contribution in [0.3, 0.4) is 0 Å². The maximum Gasteiger partial charge on any atom is 0.417 e. The zero-order chi connectivity index (χ0) is 38.4. The highest BCUT2D eigenvalue weighted by molar-refractivity contribution is 7.23. The van der Waals surface area contributed by atoms with E-state index in [0.29, 0.717) is 36.6 Å². The zero-order valence-electron chi connectivity index (χ0n) is 29.5. The molecule has 3 N–H and O–H groups in total. The van der Waals surface area contributed by atoms with Crippen molar-refractivity contribution >= 4 is 49.4 Å². The van der Waals surface area contributed by atoms with Gasteiger partial charge in [-0.25, -0.2) is 13.2 Å². The van der Waals surface area contributed by atoms with Crippen molar-refractivity contribution in [1.29, 1.82) is 5.26 Å². The van der Waals surface area contributed by atoms with Crippen LogP contribution in [0.25, 0.3) is 32.1 Å². The first kappa shape index (κ1) is 40.0. The molecule has 7 rings (SSSR count). The molecule has 3 saturated heterocycles. The summed E-state index contributed by atoms with van der Waals surface area (Å²) in [5.74, 6) is -2.15. The number of nitrogens with two attached hydrogens (primary N) is 1. The number of nitrogens with zero attached hydrogens (tertiary/aromatic N) is 5. The summed E-state index contributed by atoms with van der Waals surface area (Å²) in [7, 11) is 3.33.